The summed E-state index contributed by atoms with van der Waals surface area (Å²) in [5.41, 5.74) is 2.69. The minimum atomic E-state index is -0.221. The second-order valence-electron chi connectivity index (χ2n) is 9.70. The first-order valence-corrected chi connectivity index (χ1v) is 12.7. The SMILES string of the molecule is CC(=O)Nc1cc(C(=O)C[C@@H](C)c2ccc(OC3CCN(c4ccnc(OC(C)C)c4)C3)cc2)ccn1. The third-order valence-electron chi connectivity index (χ3n) is 6.21. The smallest absolute Gasteiger partial charge is 0.222 e. The van der Waals surface area contributed by atoms with Crippen molar-refractivity contribution >= 4 is 23.2 Å². The van der Waals surface area contributed by atoms with Gasteiger partial charge >= 0.3 is 0 Å². The molecule has 3 aromatic rings. The van der Waals surface area contributed by atoms with E-state index in [9.17, 15) is 9.59 Å². The molecule has 0 spiro atoms. The molecule has 4 rings (SSSR count). The summed E-state index contributed by atoms with van der Waals surface area (Å²) in [5.74, 6) is 1.66. The molecule has 37 heavy (non-hydrogen) atoms. The number of pyridine rings is 2. The largest absolute Gasteiger partial charge is 0.489 e. The first kappa shape index (κ1) is 26.1. The van der Waals surface area contributed by atoms with Crippen LogP contribution in [0.4, 0.5) is 11.5 Å². The van der Waals surface area contributed by atoms with Crippen LogP contribution in [-0.4, -0.2) is 47.0 Å². The highest BCUT2D eigenvalue weighted by molar-refractivity contribution is 5.98. The molecule has 0 aliphatic carbocycles. The van der Waals surface area contributed by atoms with E-state index < -0.39 is 0 Å². The lowest BCUT2D eigenvalue weighted by Crippen LogP contribution is -2.24. The van der Waals surface area contributed by atoms with E-state index in [1.54, 1.807) is 18.3 Å². The van der Waals surface area contributed by atoms with E-state index >= 15 is 0 Å². The standard InChI is InChI=1S/C29H34N4O4/c1-19(2)36-29-17-24(10-13-31-29)33-14-11-26(18-33)37-25-7-5-22(6-8-25)20(3)15-27(35)23-9-12-30-28(16-23)32-21(4)34/h5-10,12-13,16-17,19-20,26H,11,14-15,18H2,1-4H3,(H,30,32,34)/t20-,26?/m1/s1. The molecule has 8 heteroatoms. The number of carbonyl (C=O) groups excluding carboxylic acids is 2. The zero-order valence-electron chi connectivity index (χ0n) is 21.8. The average Bonchev–Trinajstić information content (AvgIpc) is 3.32. The number of ether oxygens (including phenoxy) is 2. The molecule has 1 aromatic carbocycles. The molecule has 194 valence electrons. The maximum atomic E-state index is 12.8. The van der Waals surface area contributed by atoms with E-state index in [-0.39, 0.29) is 29.8 Å². The topological polar surface area (TPSA) is 93.7 Å². The van der Waals surface area contributed by atoms with Gasteiger partial charge in [-0.1, -0.05) is 19.1 Å². The molecule has 1 saturated heterocycles. The van der Waals surface area contributed by atoms with Gasteiger partial charge in [0.1, 0.15) is 17.7 Å². The predicted octanol–water partition coefficient (Wildman–Crippen LogP) is 5.26. The quantitative estimate of drug-likeness (QED) is 0.378. The fraction of sp³-hybridized carbons (Fsp3) is 0.379. The van der Waals surface area contributed by atoms with Crippen molar-refractivity contribution in [2.75, 3.05) is 23.3 Å². The van der Waals surface area contributed by atoms with Gasteiger partial charge in [-0.15, -0.1) is 0 Å². The summed E-state index contributed by atoms with van der Waals surface area (Å²) in [6, 6.07) is 15.3. The highest BCUT2D eigenvalue weighted by atomic mass is 16.5. The number of benzene rings is 1. The maximum absolute atomic E-state index is 12.8. The van der Waals surface area contributed by atoms with Crippen LogP contribution in [0.2, 0.25) is 0 Å². The molecular formula is C29H34N4O4. The van der Waals surface area contributed by atoms with E-state index in [0.717, 1.165) is 36.5 Å². The Morgan fingerprint density at radius 3 is 2.54 bits per heavy atom. The average molecular weight is 503 g/mol. The van der Waals surface area contributed by atoms with Gasteiger partial charge in [-0.2, -0.15) is 0 Å². The van der Waals surface area contributed by atoms with E-state index in [1.165, 1.54) is 13.1 Å². The first-order chi connectivity index (χ1) is 17.8. The van der Waals surface area contributed by atoms with Crippen molar-refractivity contribution in [3.05, 3.63) is 72.1 Å². The lowest BCUT2D eigenvalue weighted by molar-refractivity contribution is -0.114. The summed E-state index contributed by atoms with van der Waals surface area (Å²) in [5, 5.41) is 2.61. The van der Waals surface area contributed by atoms with Crippen molar-refractivity contribution in [3.8, 4) is 11.6 Å². The zero-order valence-corrected chi connectivity index (χ0v) is 21.8. The van der Waals surface area contributed by atoms with Crippen LogP contribution in [0.1, 0.15) is 62.4 Å². The Morgan fingerprint density at radius 1 is 1.05 bits per heavy atom. The van der Waals surface area contributed by atoms with Crippen LogP contribution in [0.15, 0.2) is 60.9 Å². The lowest BCUT2D eigenvalue weighted by atomic mass is 9.93. The van der Waals surface area contributed by atoms with Gasteiger partial charge in [-0.05, 0) is 55.7 Å². The van der Waals surface area contributed by atoms with Gasteiger partial charge in [0.25, 0.3) is 0 Å². The second kappa shape index (κ2) is 11.9. The second-order valence-corrected chi connectivity index (χ2v) is 9.70. The third-order valence-corrected chi connectivity index (χ3v) is 6.21. The first-order valence-electron chi connectivity index (χ1n) is 12.7. The Labute approximate surface area is 218 Å². The monoisotopic (exact) mass is 502 g/mol. The number of carbonyl (C=O) groups is 2. The Balaban J connectivity index is 1.31. The van der Waals surface area contributed by atoms with Gasteiger partial charge < -0.3 is 19.7 Å². The number of nitrogens with one attached hydrogen (secondary N) is 1. The highest BCUT2D eigenvalue weighted by Crippen LogP contribution is 2.28. The Morgan fingerprint density at radius 2 is 1.81 bits per heavy atom. The molecule has 0 radical (unpaired) electrons. The molecule has 1 fully saturated rings. The van der Waals surface area contributed by atoms with Crippen molar-refractivity contribution < 1.29 is 19.1 Å². The predicted molar refractivity (Wildman–Crippen MR) is 144 cm³/mol. The van der Waals surface area contributed by atoms with E-state index in [4.69, 9.17) is 9.47 Å². The van der Waals surface area contributed by atoms with Crippen LogP contribution in [0.5, 0.6) is 11.6 Å². The Hall–Kier alpha value is -3.94. The van der Waals surface area contributed by atoms with Crippen LogP contribution in [0.25, 0.3) is 0 Å². The molecule has 3 heterocycles. The summed E-state index contributed by atoms with van der Waals surface area (Å²) in [6.07, 6.45) is 4.78. The molecule has 1 unspecified atom stereocenters. The van der Waals surface area contributed by atoms with Crippen molar-refractivity contribution in [1.29, 1.82) is 0 Å². The van der Waals surface area contributed by atoms with Gasteiger partial charge in [0.05, 0.1) is 12.6 Å². The minimum Gasteiger partial charge on any atom is -0.489 e. The van der Waals surface area contributed by atoms with Gasteiger partial charge in [-0.25, -0.2) is 9.97 Å². The van der Waals surface area contributed by atoms with Gasteiger partial charge in [-0.3, -0.25) is 9.59 Å². The number of nitrogens with zero attached hydrogens (tertiary/aromatic N) is 3. The fourth-order valence-corrected chi connectivity index (χ4v) is 4.39. The van der Waals surface area contributed by atoms with Crippen LogP contribution in [0.3, 0.4) is 0 Å². The number of anilines is 2. The van der Waals surface area contributed by atoms with Crippen LogP contribution >= 0.6 is 0 Å². The van der Waals surface area contributed by atoms with Crippen LogP contribution < -0.4 is 19.7 Å². The number of hydrogen-bond donors (Lipinski definition) is 1. The molecule has 8 nitrogen and oxygen atoms in total. The summed E-state index contributed by atoms with van der Waals surface area (Å²) < 4.78 is 12.0. The Kier molecular flexibility index (Phi) is 8.38. The van der Waals surface area contributed by atoms with Gasteiger partial charge in [0.15, 0.2) is 5.78 Å². The molecular weight excluding hydrogens is 468 g/mol. The fourth-order valence-electron chi connectivity index (χ4n) is 4.39. The number of hydrogen-bond acceptors (Lipinski definition) is 7. The summed E-state index contributed by atoms with van der Waals surface area (Å²) >= 11 is 0. The van der Waals surface area contributed by atoms with Crippen LogP contribution in [-0.2, 0) is 4.79 Å². The summed E-state index contributed by atoms with van der Waals surface area (Å²) in [6.45, 7) is 9.13. The molecule has 1 N–H and O–H groups in total. The third kappa shape index (κ3) is 7.29. The number of rotatable bonds is 10. The molecule has 1 aliphatic heterocycles. The zero-order chi connectivity index (χ0) is 26.4. The lowest BCUT2D eigenvalue weighted by Gasteiger charge is -2.20. The highest BCUT2D eigenvalue weighted by Gasteiger charge is 2.25. The normalized spacial score (nSPS) is 15.9. The number of Topliss-reactive ketones (excluding diaryl/α,β-unsaturated/α-hetero) is 1. The summed E-state index contributed by atoms with van der Waals surface area (Å²) in [4.78, 5) is 34.7. The van der Waals surface area contributed by atoms with E-state index in [2.05, 4.69) is 20.2 Å². The van der Waals surface area contributed by atoms with Gasteiger partial charge in [0, 0.05) is 56.0 Å². The molecule has 0 saturated carbocycles. The van der Waals surface area contributed by atoms with Gasteiger partial charge in [0.2, 0.25) is 11.8 Å². The van der Waals surface area contributed by atoms with E-state index in [0.29, 0.717) is 23.7 Å². The minimum absolute atomic E-state index is 0.00550. The maximum Gasteiger partial charge on any atom is 0.222 e. The van der Waals surface area contributed by atoms with Crippen molar-refractivity contribution in [2.45, 2.75) is 58.7 Å². The Bertz CT molecular complexity index is 1230. The van der Waals surface area contributed by atoms with Crippen molar-refractivity contribution in [1.82, 2.24) is 9.97 Å². The van der Waals surface area contributed by atoms with Crippen molar-refractivity contribution in [2.24, 2.45) is 0 Å². The van der Waals surface area contributed by atoms with Crippen molar-refractivity contribution in [3.63, 3.8) is 0 Å². The number of amides is 1. The summed E-state index contributed by atoms with van der Waals surface area (Å²) in [7, 11) is 0. The molecule has 2 aromatic heterocycles. The van der Waals surface area contributed by atoms with Crippen LogP contribution in [0, 0.1) is 0 Å². The molecule has 2 atom stereocenters. The van der Waals surface area contributed by atoms with E-state index in [1.807, 2.05) is 57.2 Å². The molecule has 1 aliphatic rings. The number of aromatic nitrogens is 2. The molecule has 0 bridgehead atoms. The number of ketones is 1. The molecule has 1 amide bonds.